The summed E-state index contributed by atoms with van der Waals surface area (Å²) in [5.74, 6) is -2.36. The smallest absolute Gasteiger partial charge is 0.336 e. The topological polar surface area (TPSA) is 291 Å². The fourth-order valence-corrected chi connectivity index (χ4v) is 16.4. The maximum atomic E-state index is 13.3. The molecule has 8 N–H and O–H groups in total. The summed E-state index contributed by atoms with van der Waals surface area (Å²) < 4.78 is 87.0. The maximum Gasteiger partial charge on any atom is 0.336 e. The lowest BCUT2D eigenvalue weighted by molar-refractivity contribution is -0.134. The van der Waals surface area contributed by atoms with Crippen LogP contribution in [-0.4, -0.2) is 80.0 Å². The zero-order valence-corrected chi connectivity index (χ0v) is 57.1. The van der Waals surface area contributed by atoms with Crippen molar-refractivity contribution >= 4 is 143 Å². The number of carbonyl (C=O) groups excluding carboxylic acids is 1. The van der Waals surface area contributed by atoms with Gasteiger partial charge in [-0.05, 0) is 107 Å². The number of aliphatic carboxylic acids is 1. The molecule has 13 rings (SSSR count). The van der Waals surface area contributed by atoms with Crippen molar-refractivity contribution in [2.75, 3.05) is 25.7 Å². The summed E-state index contributed by atoms with van der Waals surface area (Å²) in [5, 5.41) is 55.3. The molecule has 0 bridgehead atoms. The second-order valence-corrected chi connectivity index (χ2v) is 30.3. The number of ketones is 1. The van der Waals surface area contributed by atoms with Crippen LogP contribution < -0.4 is 14.2 Å². The van der Waals surface area contributed by atoms with Gasteiger partial charge in [-0.2, -0.15) is 0 Å². The Balaban J connectivity index is 0.000000151. The third kappa shape index (κ3) is 16.4. The molecule has 0 saturated carbocycles. The monoisotopic (exact) mass is 1430 g/mol. The van der Waals surface area contributed by atoms with E-state index >= 15 is 0 Å². The molecule has 0 unspecified atom stereocenters. The van der Waals surface area contributed by atoms with E-state index in [9.17, 15) is 60.1 Å². The second kappa shape index (κ2) is 30.3. The van der Waals surface area contributed by atoms with E-state index in [2.05, 4.69) is 14.2 Å². The molecule has 0 amide bonds. The minimum Gasteiger partial charge on any atom is -0.506 e. The number of phenolic OH excluding ortho intramolecular Hbond substituents is 3. The third-order valence-electron chi connectivity index (χ3n) is 15.4. The van der Waals surface area contributed by atoms with Gasteiger partial charge in [0.1, 0.15) is 23.0 Å². The number of phenols is 3. The molecular formula is C76H59N3O14S6. The first-order valence-corrected chi connectivity index (χ1v) is 37.4. The molecule has 498 valence electrons. The fourth-order valence-electron chi connectivity index (χ4n) is 10.6. The van der Waals surface area contributed by atoms with Crippen LogP contribution in [0.1, 0.15) is 17.3 Å². The van der Waals surface area contributed by atoms with Crippen LogP contribution in [0.5, 0.6) is 17.2 Å². The van der Waals surface area contributed by atoms with Crippen molar-refractivity contribution in [3.05, 3.63) is 272 Å². The molecule has 0 aromatic heterocycles. The van der Waals surface area contributed by atoms with Crippen LogP contribution in [0.25, 0.3) is 65.3 Å². The third-order valence-corrected chi connectivity index (χ3v) is 22.8. The molecule has 0 heterocycles. The molecule has 99 heavy (non-hydrogen) atoms. The minimum absolute atomic E-state index is 0.0296. The lowest BCUT2D eigenvalue weighted by Gasteiger charge is -2.15. The van der Waals surface area contributed by atoms with Gasteiger partial charge in [0.25, 0.3) is 30.1 Å². The van der Waals surface area contributed by atoms with E-state index in [4.69, 9.17) is 5.11 Å². The fraction of sp³-hybridized carbons (Fsp3) is 0.0395. The van der Waals surface area contributed by atoms with E-state index in [1.807, 2.05) is 84.9 Å². The van der Waals surface area contributed by atoms with Crippen molar-refractivity contribution in [2.45, 2.75) is 41.2 Å². The average Bonchev–Trinajstić information content (AvgIpc) is 0.791. The maximum absolute atomic E-state index is 13.3. The van der Waals surface area contributed by atoms with Gasteiger partial charge < -0.3 is 25.5 Å². The average molecular weight is 1430 g/mol. The van der Waals surface area contributed by atoms with Crippen molar-refractivity contribution in [3.63, 3.8) is 0 Å². The summed E-state index contributed by atoms with van der Waals surface area (Å²) in [6.45, 7) is 1.47. The Bertz CT molecular complexity index is 5580. The number of hydrogen-bond acceptors (Lipinski definition) is 15. The van der Waals surface area contributed by atoms with Gasteiger partial charge in [0, 0.05) is 37.2 Å². The summed E-state index contributed by atoms with van der Waals surface area (Å²) in [6.07, 6.45) is 0. The van der Waals surface area contributed by atoms with Crippen LogP contribution in [0.2, 0.25) is 0 Å². The first-order chi connectivity index (χ1) is 47.5. The molecule has 13 aromatic carbocycles. The number of aromatic hydroxyl groups is 3. The molecule has 0 fully saturated rings. The highest BCUT2D eigenvalue weighted by Gasteiger charge is 2.24. The number of aromatic carboxylic acids is 1. The van der Waals surface area contributed by atoms with E-state index in [1.54, 1.807) is 158 Å². The number of Topliss-reactive ketones (excluding diaryl/α,β-unsaturated/α-hetero) is 1. The number of carboxylic acid groups (broad SMARTS) is 2. The van der Waals surface area contributed by atoms with E-state index in [0.29, 0.717) is 52.7 Å². The van der Waals surface area contributed by atoms with Gasteiger partial charge in [0.2, 0.25) is 0 Å². The highest BCUT2D eigenvalue weighted by Crippen LogP contribution is 2.46. The first-order valence-electron chi connectivity index (χ1n) is 30.1. The number of hydrogen-bond donors (Lipinski definition) is 8. The SMILES string of the molecule is CC(=O)CSc1cc(NS(=O)(=O)c2ccc(-c3ccccc3)cc2)c2ccccc2c1O.O=C(O)CSc1cc(NS(=O)(=O)c2ccc3ccccc3c2)c2ccccc2c1O.O=C(O)c1ccccc1Sc1cc(NS(=O)(=O)c2ccc(-c3ccccc3)cc2)c2ccccc2c1O. The molecule has 0 atom stereocenters. The van der Waals surface area contributed by atoms with Crippen LogP contribution in [0.4, 0.5) is 17.1 Å². The largest absolute Gasteiger partial charge is 0.506 e. The molecule has 13 aromatic rings. The summed E-state index contributed by atoms with van der Waals surface area (Å²) in [6, 6.07) is 76.7. The predicted octanol–water partition coefficient (Wildman–Crippen LogP) is 17.2. The Kier molecular flexibility index (Phi) is 21.3. The predicted molar refractivity (Wildman–Crippen MR) is 394 cm³/mol. The van der Waals surface area contributed by atoms with E-state index in [-0.39, 0.29) is 71.1 Å². The molecule has 0 aliphatic carbocycles. The Morgan fingerprint density at radius 3 is 1.12 bits per heavy atom. The lowest BCUT2D eigenvalue weighted by atomic mass is 10.1. The standard InChI is InChI=1S/C29H21NO5S2.C25H21NO4S2.C22H17NO5S2/c31-28-23-11-5-4-10-22(23)25(18-27(28)36-26-13-7-6-12-24(26)29(32)33)30-37(34,35)21-16-14-20(15-17-21)19-8-2-1-3-9-19;1-17(27)16-31-24-15-23(21-9-5-6-10-22(21)25(24)28)26-32(29,30)20-13-11-19(12-14-20)18-7-3-2-4-8-18;24-21(25)13-29-20-12-19(17-7-3-4-8-18(17)22(20)26)23-30(27,28)16-10-9-14-5-1-2-6-15(14)11-16/h1-18,30-31H,(H,32,33);2-15,26,28H,16H2,1H3;1-12,23,26H,13H2,(H,24,25). The number of carboxylic acids is 2. The number of carbonyl (C=O) groups is 3. The van der Waals surface area contributed by atoms with Gasteiger partial charge in [0.15, 0.2) is 0 Å². The normalized spacial score (nSPS) is 11.4. The Hall–Kier alpha value is -10.8. The van der Waals surface area contributed by atoms with E-state index < -0.39 is 42.0 Å². The van der Waals surface area contributed by atoms with Crippen LogP contribution in [-0.2, 0) is 39.7 Å². The lowest BCUT2D eigenvalue weighted by Crippen LogP contribution is -2.13. The van der Waals surface area contributed by atoms with Crippen LogP contribution in [0, 0.1) is 0 Å². The Morgan fingerprint density at radius 2 is 0.687 bits per heavy atom. The van der Waals surface area contributed by atoms with Gasteiger partial charge in [-0.15, -0.1) is 23.5 Å². The number of nitrogens with one attached hydrogen (secondary N) is 3. The molecule has 0 aliphatic rings. The van der Waals surface area contributed by atoms with Crippen molar-refractivity contribution in [1.29, 1.82) is 0 Å². The summed E-state index contributed by atoms with van der Waals surface area (Å²) >= 11 is 3.15. The van der Waals surface area contributed by atoms with Crippen molar-refractivity contribution in [3.8, 4) is 39.5 Å². The molecular weight excluding hydrogens is 1370 g/mol. The number of thioether (sulfide) groups is 2. The van der Waals surface area contributed by atoms with Crippen molar-refractivity contribution in [1.82, 2.24) is 0 Å². The van der Waals surface area contributed by atoms with Crippen LogP contribution >= 0.6 is 35.3 Å². The quantitative estimate of drug-likeness (QED) is 0.0260. The molecule has 0 saturated heterocycles. The van der Waals surface area contributed by atoms with Crippen molar-refractivity contribution in [2.24, 2.45) is 0 Å². The summed E-state index contributed by atoms with van der Waals surface area (Å²) in [4.78, 5) is 35.8. The van der Waals surface area contributed by atoms with Crippen molar-refractivity contribution < 1.29 is 65.2 Å². The summed E-state index contributed by atoms with van der Waals surface area (Å²) in [5.41, 5.74) is 4.76. The second-order valence-electron chi connectivity index (χ2n) is 22.1. The Labute approximate surface area is 583 Å². The number of benzene rings is 13. The van der Waals surface area contributed by atoms with E-state index in [0.717, 1.165) is 56.6 Å². The molecule has 0 spiro atoms. The van der Waals surface area contributed by atoms with E-state index in [1.165, 1.54) is 43.0 Å². The molecule has 23 heteroatoms. The number of rotatable bonds is 20. The minimum atomic E-state index is -3.96. The van der Waals surface area contributed by atoms with Gasteiger partial charge in [-0.25, -0.2) is 30.0 Å². The highest BCUT2D eigenvalue weighted by molar-refractivity contribution is 8.00. The number of anilines is 3. The van der Waals surface area contributed by atoms with Crippen LogP contribution in [0.3, 0.4) is 0 Å². The van der Waals surface area contributed by atoms with Crippen LogP contribution in [0.15, 0.2) is 301 Å². The number of sulfonamides is 3. The summed E-state index contributed by atoms with van der Waals surface area (Å²) in [7, 11) is -11.7. The number of fused-ring (bicyclic) bond motifs is 4. The van der Waals surface area contributed by atoms with Gasteiger partial charge >= 0.3 is 11.9 Å². The molecule has 0 aliphatic heterocycles. The molecule has 0 radical (unpaired) electrons. The zero-order valence-electron chi connectivity index (χ0n) is 52.2. The first kappa shape index (κ1) is 69.6. The van der Waals surface area contributed by atoms with Gasteiger partial charge in [-0.3, -0.25) is 23.8 Å². The highest BCUT2D eigenvalue weighted by atomic mass is 32.2. The Morgan fingerprint density at radius 1 is 0.343 bits per heavy atom. The van der Waals surface area contributed by atoms with Gasteiger partial charge in [0.05, 0.1) is 63.5 Å². The van der Waals surface area contributed by atoms with Gasteiger partial charge in [-0.1, -0.05) is 212 Å². The zero-order chi connectivity index (χ0) is 70.0. The molecule has 17 nitrogen and oxygen atoms in total.